The van der Waals surface area contributed by atoms with Crippen molar-refractivity contribution in [3.63, 3.8) is 0 Å². The van der Waals surface area contributed by atoms with Crippen LogP contribution < -0.4 is 20.3 Å². The van der Waals surface area contributed by atoms with E-state index in [4.69, 9.17) is 5.14 Å². The second kappa shape index (κ2) is 6.28. The van der Waals surface area contributed by atoms with Crippen molar-refractivity contribution < 1.29 is 8.42 Å². The van der Waals surface area contributed by atoms with Gasteiger partial charge < -0.3 is 9.88 Å². The molecule has 1 saturated carbocycles. The maximum Gasteiger partial charge on any atom is 0.274 e. The Hall–Kier alpha value is -1.61. The van der Waals surface area contributed by atoms with Gasteiger partial charge in [-0.3, -0.25) is 4.79 Å². The molecule has 1 atom stereocenters. The summed E-state index contributed by atoms with van der Waals surface area (Å²) in [6.07, 6.45) is 2.62. The van der Waals surface area contributed by atoms with Crippen molar-refractivity contribution in [2.24, 2.45) is 10.6 Å². The predicted molar refractivity (Wildman–Crippen MR) is 100 cm³/mol. The SMILES string of the molecule is Cl.NS(=O)(=O)NC1CC12CCN(c1cc(=O)[nH]c3ccccc13)CC2. The van der Waals surface area contributed by atoms with Gasteiger partial charge in [0.25, 0.3) is 10.2 Å². The van der Waals surface area contributed by atoms with E-state index < -0.39 is 10.2 Å². The lowest BCUT2D eigenvalue weighted by molar-refractivity contribution is 0.365. The molecule has 2 aliphatic rings. The van der Waals surface area contributed by atoms with Crippen molar-refractivity contribution in [3.8, 4) is 0 Å². The van der Waals surface area contributed by atoms with E-state index in [1.54, 1.807) is 6.07 Å². The van der Waals surface area contributed by atoms with Crippen molar-refractivity contribution >= 4 is 39.2 Å². The second-order valence-corrected chi connectivity index (χ2v) is 8.16. The molecule has 2 heterocycles. The number of aromatic nitrogens is 1. The minimum atomic E-state index is -3.65. The van der Waals surface area contributed by atoms with Gasteiger partial charge in [-0.15, -0.1) is 12.4 Å². The number of nitrogens with two attached hydrogens (primary N) is 1. The van der Waals surface area contributed by atoms with Crippen molar-refractivity contribution in [1.82, 2.24) is 9.71 Å². The molecule has 1 unspecified atom stereocenters. The van der Waals surface area contributed by atoms with E-state index in [0.717, 1.165) is 48.9 Å². The van der Waals surface area contributed by atoms with E-state index in [-0.39, 0.29) is 29.4 Å². The highest BCUT2D eigenvalue weighted by molar-refractivity contribution is 7.87. The van der Waals surface area contributed by atoms with Gasteiger partial charge in [-0.2, -0.15) is 13.1 Å². The Morgan fingerprint density at radius 1 is 1.24 bits per heavy atom. The van der Waals surface area contributed by atoms with Gasteiger partial charge in [0.15, 0.2) is 0 Å². The first-order chi connectivity index (χ1) is 11.4. The summed E-state index contributed by atoms with van der Waals surface area (Å²) < 4.78 is 24.9. The summed E-state index contributed by atoms with van der Waals surface area (Å²) in [5.41, 5.74) is 1.70. The maximum absolute atomic E-state index is 11.9. The molecule has 1 aliphatic carbocycles. The number of halogens is 1. The topological polar surface area (TPSA) is 108 Å². The molecule has 7 nitrogen and oxygen atoms in total. The fraction of sp³-hybridized carbons (Fsp3) is 0.438. The highest BCUT2D eigenvalue weighted by Gasteiger charge is 2.56. The van der Waals surface area contributed by atoms with Crippen LogP contribution >= 0.6 is 12.4 Å². The molecule has 1 aliphatic heterocycles. The van der Waals surface area contributed by atoms with Gasteiger partial charge in [0.1, 0.15) is 0 Å². The van der Waals surface area contributed by atoms with E-state index in [9.17, 15) is 13.2 Å². The molecule has 4 rings (SSSR count). The molecular weight excluding hydrogens is 364 g/mol. The Morgan fingerprint density at radius 3 is 2.60 bits per heavy atom. The molecule has 25 heavy (non-hydrogen) atoms. The van der Waals surface area contributed by atoms with Crippen molar-refractivity contribution in [2.75, 3.05) is 18.0 Å². The fourth-order valence-electron chi connectivity index (χ4n) is 3.91. The van der Waals surface area contributed by atoms with Gasteiger partial charge in [0.2, 0.25) is 5.56 Å². The van der Waals surface area contributed by atoms with Gasteiger partial charge in [0.05, 0.1) is 11.2 Å². The van der Waals surface area contributed by atoms with Crippen LogP contribution in [0.1, 0.15) is 19.3 Å². The Labute approximate surface area is 152 Å². The third-order valence-electron chi connectivity index (χ3n) is 5.32. The number of fused-ring (bicyclic) bond motifs is 1. The fourth-order valence-corrected chi connectivity index (χ4v) is 4.64. The van der Waals surface area contributed by atoms with Crippen LogP contribution in [0.5, 0.6) is 0 Å². The molecule has 4 N–H and O–H groups in total. The lowest BCUT2D eigenvalue weighted by atomic mass is 9.92. The van der Waals surface area contributed by atoms with Crippen LogP contribution in [0.4, 0.5) is 5.69 Å². The molecule has 0 bridgehead atoms. The number of pyridine rings is 1. The molecule has 2 aromatic rings. The van der Waals surface area contributed by atoms with Crippen LogP contribution in [0.25, 0.3) is 10.9 Å². The molecule has 1 aromatic carbocycles. The highest BCUT2D eigenvalue weighted by Crippen LogP contribution is 2.54. The zero-order valence-corrected chi connectivity index (χ0v) is 15.2. The number of hydrogen-bond acceptors (Lipinski definition) is 4. The summed E-state index contributed by atoms with van der Waals surface area (Å²) in [6, 6.07) is 9.37. The van der Waals surface area contributed by atoms with Crippen LogP contribution in [0, 0.1) is 5.41 Å². The quantitative estimate of drug-likeness (QED) is 0.736. The minimum Gasteiger partial charge on any atom is -0.371 e. The third kappa shape index (κ3) is 3.52. The van der Waals surface area contributed by atoms with Crippen LogP contribution in [-0.2, 0) is 10.2 Å². The van der Waals surface area contributed by atoms with Crippen LogP contribution in [0.15, 0.2) is 35.1 Å². The number of rotatable bonds is 3. The van der Waals surface area contributed by atoms with E-state index >= 15 is 0 Å². The Kier molecular flexibility index (Phi) is 4.57. The number of nitrogens with one attached hydrogen (secondary N) is 2. The van der Waals surface area contributed by atoms with E-state index in [1.807, 2.05) is 24.3 Å². The number of hydrogen-bond donors (Lipinski definition) is 3. The van der Waals surface area contributed by atoms with E-state index in [2.05, 4.69) is 14.6 Å². The minimum absolute atomic E-state index is 0. The van der Waals surface area contributed by atoms with E-state index in [1.165, 1.54) is 0 Å². The second-order valence-electron chi connectivity index (χ2n) is 6.83. The molecule has 9 heteroatoms. The van der Waals surface area contributed by atoms with Crippen molar-refractivity contribution in [3.05, 3.63) is 40.7 Å². The number of para-hydroxylation sites is 1. The zero-order chi connectivity index (χ0) is 16.9. The molecule has 0 radical (unpaired) electrons. The summed E-state index contributed by atoms with van der Waals surface area (Å²) in [4.78, 5) is 17.0. The van der Waals surface area contributed by atoms with Crippen LogP contribution in [-0.4, -0.2) is 32.5 Å². The number of H-pyrrole nitrogens is 1. The van der Waals surface area contributed by atoms with Crippen LogP contribution in [0.2, 0.25) is 0 Å². The summed E-state index contributed by atoms with van der Waals surface area (Å²) in [7, 11) is -3.65. The summed E-state index contributed by atoms with van der Waals surface area (Å²) in [5.74, 6) is 0. The Morgan fingerprint density at radius 2 is 1.92 bits per heavy atom. The monoisotopic (exact) mass is 384 g/mol. The van der Waals surface area contributed by atoms with Gasteiger partial charge in [0, 0.05) is 30.6 Å². The smallest absolute Gasteiger partial charge is 0.274 e. The van der Waals surface area contributed by atoms with E-state index in [0.29, 0.717) is 0 Å². The first-order valence-corrected chi connectivity index (χ1v) is 9.58. The lowest BCUT2D eigenvalue weighted by Crippen LogP contribution is -2.40. The van der Waals surface area contributed by atoms with Crippen molar-refractivity contribution in [2.45, 2.75) is 25.3 Å². The molecule has 1 saturated heterocycles. The highest BCUT2D eigenvalue weighted by atomic mass is 35.5. The average Bonchev–Trinajstić information content (AvgIpc) is 3.16. The Balaban J connectivity index is 0.00000182. The summed E-state index contributed by atoms with van der Waals surface area (Å²) >= 11 is 0. The number of piperidine rings is 1. The molecular formula is C16H21ClN4O3S. The average molecular weight is 385 g/mol. The number of aromatic amines is 1. The zero-order valence-electron chi connectivity index (χ0n) is 13.6. The van der Waals surface area contributed by atoms with Gasteiger partial charge in [-0.1, -0.05) is 18.2 Å². The number of nitrogens with zero attached hydrogens (tertiary/aromatic N) is 1. The first kappa shape index (κ1) is 18.2. The standard InChI is InChI=1S/C16H20N4O3S.ClH/c17-24(22,23)19-14-10-16(14)5-7-20(8-6-16)13-9-15(21)18-12-4-2-1-3-11(12)13;/h1-4,9,14,19H,5-8,10H2,(H,18,21)(H2,17,22,23);1H. The predicted octanol–water partition coefficient (Wildman–Crippen LogP) is 1.10. The lowest BCUT2D eigenvalue weighted by Gasteiger charge is -2.35. The number of anilines is 1. The number of benzene rings is 1. The van der Waals surface area contributed by atoms with Gasteiger partial charge in [-0.25, -0.2) is 5.14 Å². The Bertz CT molecular complexity index is 951. The van der Waals surface area contributed by atoms with Gasteiger partial charge in [-0.05, 0) is 30.7 Å². The normalized spacial score (nSPS) is 22.0. The summed E-state index contributed by atoms with van der Waals surface area (Å²) in [5, 5.41) is 6.11. The van der Waals surface area contributed by atoms with Gasteiger partial charge >= 0.3 is 0 Å². The molecule has 1 spiro atoms. The summed E-state index contributed by atoms with van der Waals surface area (Å²) in [6.45, 7) is 1.60. The molecule has 1 aromatic heterocycles. The molecule has 2 fully saturated rings. The van der Waals surface area contributed by atoms with Crippen LogP contribution in [0.3, 0.4) is 0 Å². The first-order valence-electron chi connectivity index (χ1n) is 8.03. The third-order valence-corrected chi connectivity index (χ3v) is 5.94. The largest absolute Gasteiger partial charge is 0.371 e. The van der Waals surface area contributed by atoms with Crippen molar-refractivity contribution in [1.29, 1.82) is 0 Å². The molecule has 0 amide bonds. The molecule has 136 valence electrons. The maximum atomic E-state index is 11.9.